The molecule has 0 aromatic carbocycles. The average molecular weight is 383 g/mol. The zero-order valence-corrected chi connectivity index (χ0v) is 15.1. The second-order valence-corrected chi connectivity index (χ2v) is 8.18. The molecule has 0 amide bonds. The quantitative estimate of drug-likeness (QED) is 0.334. The van der Waals surface area contributed by atoms with Gasteiger partial charge in [-0.3, -0.25) is 4.99 Å². The van der Waals surface area contributed by atoms with Crippen LogP contribution in [0.3, 0.4) is 0 Å². The molecule has 0 spiro atoms. The first-order valence-corrected chi connectivity index (χ1v) is 8.97. The fourth-order valence-electron chi connectivity index (χ4n) is 3.30. The zero-order valence-electron chi connectivity index (χ0n) is 12.9. The Balaban J connectivity index is 1.93. The van der Waals surface area contributed by atoms with Crippen LogP contribution in [0.5, 0.6) is 0 Å². The molecule has 1 saturated carbocycles. The molecule has 4 atom stereocenters. The van der Waals surface area contributed by atoms with E-state index in [0.29, 0.717) is 3.92 Å². The number of hydrogen-bond acceptors (Lipinski definition) is 1. The summed E-state index contributed by atoms with van der Waals surface area (Å²) in [5, 5.41) is 0. The second-order valence-electron chi connectivity index (χ2n) is 6.31. The number of halogens is 1. The topological polar surface area (TPSA) is 12.4 Å². The predicted octanol–water partition coefficient (Wildman–Crippen LogP) is 5.72. The molecular formula is C18H26IN. The van der Waals surface area contributed by atoms with Gasteiger partial charge < -0.3 is 0 Å². The molecule has 2 aliphatic carbocycles. The lowest BCUT2D eigenvalue weighted by Crippen LogP contribution is -1.95. The van der Waals surface area contributed by atoms with Crippen molar-refractivity contribution in [1.82, 2.24) is 0 Å². The van der Waals surface area contributed by atoms with Crippen molar-refractivity contribution in [2.75, 3.05) is 0 Å². The Morgan fingerprint density at radius 2 is 2.00 bits per heavy atom. The van der Waals surface area contributed by atoms with Crippen molar-refractivity contribution >= 4 is 28.8 Å². The van der Waals surface area contributed by atoms with E-state index in [1.165, 1.54) is 31.3 Å². The SMILES string of the molecule is C=C(/N=C/C=C/C1=C(\C)CCC2C(C)C2CC1)C(C)I. The van der Waals surface area contributed by atoms with E-state index >= 15 is 0 Å². The third-order valence-corrected chi connectivity index (χ3v) is 5.71. The number of aliphatic imine (C=N–C) groups is 1. The summed E-state index contributed by atoms with van der Waals surface area (Å²) in [6.45, 7) is 10.8. The lowest BCUT2D eigenvalue weighted by Gasteiger charge is -2.12. The largest absolute Gasteiger partial charge is 0.261 e. The minimum Gasteiger partial charge on any atom is -0.261 e. The Morgan fingerprint density at radius 1 is 1.35 bits per heavy atom. The molecule has 0 aromatic heterocycles. The molecule has 2 aliphatic rings. The van der Waals surface area contributed by atoms with E-state index in [4.69, 9.17) is 0 Å². The van der Waals surface area contributed by atoms with Crippen LogP contribution < -0.4 is 0 Å². The maximum absolute atomic E-state index is 4.37. The maximum atomic E-state index is 4.37. The first-order chi connectivity index (χ1) is 9.50. The van der Waals surface area contributed by atoms with E-state index in [0.717, 1.165) is 23.5 Å². The lowest BCUT2D eigenvalue weighted by molar-refractivity contribution is 0.586. The van der Waals surface area contributed by atoms with Gasteiger partial charge in [0, 0.05) is 15.8 Å². The number of nitrogens with zero attached hydrogens (tertiary/aromatic N) is 1. The summed E-state index contributed by atoms with van der Waals surface area (Å²) >= 11 is 2.34. The zero-order chi connectivity index (χ0) is 14.7. The van der Waals surface area contributed by atoms with Gasteiger partial charge in [-0.15, -0.1) is 0 Å². The van der Waals surface area contributed by atoms with Crippen molar-refractivity contribution < 1.29 is 0 Å². The highest BCUT2D eigenvalue weighted by Gasteiger charge is 2.45. The summed E-state index contributed by atoms with van der Waals surface area (Å²) < 4.78 is 0.396. The van der Waals surface area contributed by atoms with Crippen LogP contribution >= 0.6 is 22.6 Å². The fourth-order valence-corrected chi connectivity index (χ4v) is 3.46. The summed E-state index contributed by atoms with van der Waals surface area (Å²) in [6, 6.07) is 0. The van der Waals surface area contributed by atoms with Gasteiger partial charge in [0.05, 0.1) is 0 Å². The third-order valence-electron chi connectivity index (χ3n) is 4.99. The maximum Gasteiger partial charge on any atom is 0.0498 e. The van der Waals surface area contributed by atoms with Crippen LogP contribution in [0.15, 0.2) is 40.6 Å². The number of rotatable bonds is 4. The van der Waals surface area contributed by atoms with Crippen LogP contribution in [0.1, 0.15) is 46.5 Å². The van der Waals surface area contributed by atoms with Crippen molar-refractivity contribution in [2.24, 2.45) is 22.7 Å². The van der Waals surface area contributed by atoms with E-state index in [9.17, 15) is 0 Å². The van der Waals surface area contributed by atoms with Gasteiger partial charge in [-0.1, -0.05) is 47.7 Å². The highest BCUT2D eigenvalue weighted by atomic mass is 127. The normalized spacial score (nSPS) is 35.7. The van der Waals surface area contributed by atoms with Crippen molar-refractivity contribution in [3.63, 3.8) is 0 Å². The molecule has 0 aliphatic heterocycles. The summed E-state index contributed by atoms with van der Waals surface area (Å²) in [4.78, 5) is 4.37. The monoisotopic (exact) mass is 383 g/mol. The van der Waals surface area contributed by atoms with Gasteiger partial charge in [0.25, 0.3) is 0 Å². The molecule has 0 aromatic rings. The van der Waals surface area contributed by atoms with E-state index in [2.05, 4.69) is 67.1 Å². The van der Waals surface area contributed by atoms with Gasteiger partial charge >= 0.3 is 0 Å². The van der Waals surface area contributed by atoms with E-state index in [1.54, 1.807) is 5.57 Å². The van der Waals surface area contributed by atoms with Crippen LogP contribution in [0, 0.1) is 17.8 Å². The molecule has 0 saturated heterocycles. The van der Waals surface area contributed by atoms with Crippen molar-refractivity contribution in [2.45, 2.75) is 50.4 Å². The van der Waals surface area contributed by atoms with Crippen LogP contribution in [-0.4, -0.2) is 10.1 Å². The molecule has 0 N–H and O–H groups in total. The van der Waals surface area contributed by atoms with Gasteiger partial charge in [0.1, 0.15) is 0 Å². The fraction of sp³-hybridized carbons (Fsp3) is 0.611. The molecular weight excluding hydrogens is 357 g/mol. The molecule has 0 bridgehead atoms. The Labute approximate surface area is 137 Å². The number of alkyl halides is 1. The van der Waals surface area contributed by atoms with E-state index in [1.807, 2.05) is 6.21 Å². The van der Waals surface area contributed by atoms with Crippen LogP contribution in [-0.2, 0) is 0 Å². The van der Waals surface area contributed by atoms with E-state index < -0.39 is 0 Å². The van der Waals surface area contributed by atoms with Gasteiger partial charge in [-0.25, -0.2) is 0 Å². The molecule has 110 valence electrons. The Kier molecular flexibility index (Phi) is 5.65. The first-order valence-electron chi connectivity index (χ1n) is 7.73. The molecule has 2 rings (SSSR count). The van der Waals surface area contributed by atoms with Gasteiger partial charge in [-0.2, -0.15) is 0 Å². The van der Waals surface area contributed by atoms with Crippen molar-refractivity contribution in [3.8, 4) is 0 Å². The summed E-state index contributed by atoms with van der Waals surface area (Å²) in [6.07, 6.45) is 11.5. The molecule has 1 fully saturated rings. The first kappa shape index (κ1) is 16.0. The number of allylic oxidation sites excluding steroid dienone is 5. The second kappa shape index (κ2) is 7.06. The summed E-state index contributed by atoms with van der Waals surface area (Å²) in [7, 11) is 0. The lowest BCUT2D eigenvalue weighted by atomic mass is 9.94. The smallest absolute Gasteiger partial charge is 0.0498 e. The van der Waals surface area contributed by atoms with Crippen LogP contribution in [0.4, 0.5) is 0 Å². The van der Waals surface area contributed by atoms with Crippen LogP contribution in [0.25, 0.3) is 0 Å². The molecule has 4 unspecified atom stereocenters. The minimum atomic E-state index is 0.396. The van der Waals surface area contributed by atoms with Gasteiger partial charge in [-0.05, 0) is 68.9 Å². The minimum absolute atomic E-state index is 0.396. The average Bonchev–Trinajstić information content (AvgIpc) is 3.01. The third kappa shape index (κ3) is 4.06. The molecule has 0 heterocycles. The van der Waals surface area contributed by atoms with Gasteiger partial charge in [0.15, 0.2) is 0 Å². The van der Waals surface area contributed by atoms with Gasteiger partial charge in [0.2, 0.25) is 0 Å². The number of hydrogen-bond donors (Lipinski definition) is 0. The predicted molar refractivity (Wildman–Crippen MR) is 97.6 cm³/mol. The molecule has 0 radical (unpaired) electrons. The van der Waals surface area contributed by atoms with E-state index in [-0.39, 0.29) is 0 Å². The standard InChI is InChI=1S/C18H26IN/c1-12-7-9-17-13(2)18(17)10-8-16(12)6-5-11-20-15(4)14(3)19/h5-6,11,13-14,17-18H,4,7-10H2,1-3H3/b6-5+,16-12-,20-11+. The van der Waals surface area contributed by atoms with Crippen LogP contribution in [0.2, 0.25) is 0 Å². The highest BCUT2D eigenvalue weighted by molar-refractivity contribution is 14.1. The number of fused-ring (bicyclic) bond motifs is 1. The summed E-state index contributed by atoms with van der Waals surface area (Å²) in [5.74, 6) is 2.99. The molecule has 2 heteroatoms. The Hall–Kier alpha value is -0.380. The Bertz CT molecular complexity index is 456. The Morgan fingerprint density at radius 3 is 2.65 bits per heavy atom. The molecule has 1 nitrogen and oxygen atoms in total. The van der Waals surface area contributed by atoms with Crippen molar-refractivity contribution in [3.05, 3.63) is 35.6 Å². The summed E-state index contributed by atoms with van der Waals surface area (Å²) in [5.41, 5.74) is 4.05. The molecule has 20 heavy (non-hydrogen) atoms. The van der Waals surface area contributed by atoms with Crippen molar-refractivity contribution in [1.29, 1.82) is 0 Å². The highest BCUT2D eigenvalue weighted by Crippen LogP contribution is 2.53.